The Bertz CT molecular complexity index is 681. The van der Waals surface area contributed by atoms with Crippen LogP contribution in [0.2, 0.25) is 0 Å². The standard InChI is InChI=1S/C16H17BrN2O4/c1-21-13-8-12(9-14(22-2)15(13)23-3)19-16(20)18-11-6-4-5-10(17)7-11/h4-9H,1-3H3,(H2,18,19,20). The second kappa shape index (κ2) is 7.73. The number of amides is 2. The lowest BCUT2D eigenvalue weighted by molar-refractivity contribution is 0.262. The number of hydrogen-bond acceptors (Lipinski definition) is 4. The van der Waals surface area contributed by atoms with Crippen LogP contribution in [0.15, 0.2) is 40.9 Å². The lowest BCUT2D eigenvalue weighted by atomic mass is 10.2. The summed E-state index contributed by atoms with van der Waals surface area (Å²) in [6.07, 6.45) is 0. The van der Waals surface area contributed by atoms with Gasteiger partial charge in [0.1, 0.15) is 0 Å². The second-order valence-corrected chi connectivity index (χ2v) is 5.42. The molecule has 0 fully saturated rings. The third-order valence-electron chi connectivity index (χ3n) is 3.01. The number of carbonyl (C=O) groups excluding carboxylic acids is 1. The average molecular weight is 381 g/mol. The number of hydrogen-bond donors (Lipinski definition) is 2. The molecule has 0 bridgehead atoms. The Labute approximate surface area is 142 Å². The topological polar surface area (TPSA) is 68.8 Å². The van der Waals surface area contributed by atoms with Gasteiger partial charge in [-0.3, -0.25) is 0 Å². The van der Waals surface area contributed by atoms with E-state index >= 15 is 0 Å². The van der Waals surface area contributed by atoms with Gasteiger partial charge in [-0.1, -0.05) is 22.0 Å². The minimum absolute atomic E-state index is 0.377. The highest BCUT2D eigenvalue weighted by atomic mass is 79.9. The van der Waals surface area contributed by atoms with Crippen LogP contribution >= 0.6 is 15.9 Å². The maximum absolute atomic E-state index is 12.1. The summed E-state index contributed by atoms with van der Waals surface area (Å²) in [4.78, 5) is 12.1. The molecule has 23 heavy (non-hydrogen) atoms. The summed E-state index contributed by atoms with van der Waals surface area (Å²) < 4.78 is 16.6. The highest BCUT2D eigenvalue weighted by molar-refractivity contribution is 9.10. The molecule has 0 aliphatic heterocycles. The zero-order valence-electron chi connectivity index (χ0n) is 13.0. The smallest absolute Gasteiger partial charge is 0.323 e. The first-order valence-corrected chi connectivity index (χ1v) is 7.50. The number of halogens is 1. The number of benzene rings is 2. The molecular weight excluding hydrogens is 364 g/mol. The van der Waals surface area contributed by atoms with E-state index < -0.39 is 0 Å². The van der Waals surface area contributed by atoms with E-state index in [1.54, 1.807) is 24.3 Å². The Kier molecular flexibility index (Phi) is 5.70. The van der Waals surface area contributed by atoms with Crippen molar-refractivity contribution < 1.29 is 19.0 Å². The van der Waals surface area contributed by atoms with Crippen molar-refractivity contribution in [3.8, 4) is 17.2 Å². The van der Waals surface area contributed by atoms with Crippen LogP contribution in [-0.4, -0.2) is 27.4 Å². The third-order valence-corrected chi connectivity index (χ3v) is 3.50. The monoisotopic (exact) mass is 380 g/mol. The number of anilines is 2. The molecule has 0 aromatic heterocycles. The van der Waals surface area contributed by atoms with E-state index in [1.165, 1.54) is 21.3 Å². The number of methoxy groups -OCH3 is 3. The van der Waals surface area contributed by atoms with Gasteiger partial charge in [-0.25, -0.2) is 4.79 Å². The number of urea groups is 1. The first-order valence-electron chi connectivity index (χ1n) is 6.71. The largest absolute Gasteiger partial charge is 0.493 e. The molecule has 0 unspecified atom stereocenters. The van der Waals surface area contributed by atoms with Crippen molar-refractivity contribution in [3.63, 3.8) is 0 Å². The predicted molar refractivity (Wildman–Crippen MR) is 92.9 cm³/mol. The first-order chi connectivity index (χ1) is 11.1. The highest BCUT2D eigenvalue weighted by Crippen LogP contribution is 2.39. The van der Waals surface area contributed by atoms with Crippen LogP contribution in [0.25, 0.3) is 0 Å². The molecule has 0 radical (unpaired) electrons. The molecule has 0 spiro atoms. The van der Waals surface area contributed by atoms with E-state index in [9.17, 15) is 4.79 Å². The Morgan fingerprint density at radius 2 is 1.52 bits per heavy atom. The van der Waals surface area contributed by atoms with E-state index in [4.69, 9.17) is 14.2 Å². The molecule has 122 valence electrons. The van der Waals surface area contributed by atoms with E-state index in [-0.39, 0.29) is 6.03 Å². The van der Waals surface area contributed by atoms with Crippen LogP contribution in [0.4, 0.5) is 16.2 Å². The lowest BCUT2D eigenvalue weighted by Crippen LogP contribution is -2.19. The van der Waals surface area contributed by atoms with Crippen LogP contribution in [0, 0.1) is 0 Å². The summed E-state index contributed by atoms with van der Waals surface area (Å²) in [6.45, 7) is 0. The van der Waals surface area contributed by atoms with Crippen molar-refractivity contribution in [1.82, 2.24) is 0 Å². The van der Waals surface area contributed by atoms with Crippen LogP contribution < -0.4 is 24.8 Å². The van der Waals surface area contributed by atoms with Crippen molar-refractivity contribution >= 4 is 33.3 Å². The minimum Gasteiger partial charge on any atom is -0.493 e. The van der Waals surface area contributed by atoms with Gasteiger partial charge in [0.05, 0.1) is 27.0 Å². The summed E-state index contributed by atoms with van der Waals surface area (Å²) in [5, 5.41) is 5.47. The fourth-order valence-corrected chi connectivity index (χ4v) is 2.41. The molecule has 2 aromatic rings. The molecule has 6 nitrogen and oxygen atoms in total. The fraction of sp³-hybridized carbons (Fsp3) is 0.188. The van der Waals surface area contributed by atoms with E-state index in [1.807, 2.05) is 12.1 Å². The Hall–Kier alpha value is -2.41. The van der Waals surface area contributed by atoms with Gasteiger partial charge < -0.3 is 24.8 Å². The van der Waals surface area contributed by atoms with Crippen molar-refractivity contribution in [2.24, 2.45) is 0 Å². The maximum atomic E-state index is 12.1. The van der Waals surface area contributed by atoms with Crippen molar-refractivity contribution in [3.05, 3.63) is 40.9 Å². The number of rotatable bonds is 5. The van der Waals surface area contributed by atoms with Crippen molar-refractivity contribution in [1.29, 1.82) is 0 Å². The van der Waals surface area contributed by atoms with E-state index in [0.29, 0.717) is 28.6 Å². The molecule has 2 rings (SSSR count). The number of ether oxygens (including phenoxy) is 3. The lowest BCUT2D eigenvalue weighted by Gasteiger charge is -2.15. The summed E-state index contributed by atoms with van der Waals surface area (Å²) in [5.41, 5.74) is 1.19. The molecule has 7 heteroatoms. The van der Waals surface area contributed by atoms with Gasteiger partial charge in [0.25, 0.3) is 0 Å². The third kappa shape index (κ3) is 4.29. The predicted octanol–water partition coefficient (Wildman–Crippen LogP) is 4.12. The van der Waals surface area contributed by atoms with E-state index in [2.05, 4.69) is 26.6 Å². The molecular formula is C16H17BrN2O4. The maximum Gasteiger partial charge on any atom is 0.323 e. The first kappa shape index (κ1) is 17.0. The molecule has 2 amide bonds. The Morgan fingerprint density at radius 1 is 0.913 bits per heavy atom. The molecule has 0 saturated heterocycles. The van der Waals surface area contributed by atoms with Crippen LogP contribution in [0.3, 0.4) is 0 Å². The van der Waals surface area contributed by atoms with Gasteiger partial charge in [-0.15, -0.1) is 0 Å². The molecule has 0 aliphatic carbocycles. The van der Waals surface area contributed by atoms with Crippen LogP contribution in [0.1, 0.15) is 0 Å². The minimum atomic E-state index is -0.377. The van der Waals surface area contributed by atoms with Crippen LogP contribution in [0.5, 0.6) is 17.2 Å². The van der Waals surface area contributed by atoms with E-state index in [0.717, 1.165) is 4.47 Å². The number of nitrogens with one attached hydrogen (secondary N) is 2. The van der Waals surface area contributed by atoms with Crippen LogP contribution in [-0.2, 0) is 0 Å². The second-order valence-electron chi connectivity index (χ2n) is 4.50. The molecule has 0 aliphatic rings. The van der Waals surface area contributed by atoms with Gasteiger partial charge in [0.2, 0.25) is 5.75 Å². The molecule has 2 aromatic carbocycles. The SMILES string of the molecule is COc1cc(NC(=O)Nc2cccc(Br)c2)cc(OC)c1OC. The van der Waals surface area contributed by atoms with Gasteiger partial charge in [0.15, 0.2) is 11.5 Å². The molecule has 0 heterocycles. The highest BCUT2D eigenvalue weighted by Gasteiger charge is 2.14. The zero-order chi connectivity index (χ0) is 16.8. The normalized spacial score (nSPS) is 9.91. The molecule has 0 atom stereocenters. The Morgan fingerprint density at radius 3 is 2.04 bits per heavy atom. The zero-order valence-corrected chi connectivity index (χ0v) is 14.6. The summed E-state index contributed by atoms with van der Waals surface area (Å²) >= 11 is 3.35. The number of carbonyl (C=O) groups is 1. The summed E-state index contributed by atoms with van der Waals surface area (Å²) in [7, 11) is 4.55. The van der Waals surface area contributed by atoms with Gasteiger partial charge in [0, 0.05) is 22.3 Å². The summed E-state index contributed by atoms with van der Waals surface area (Å²) in [6, 6.07) is 10.2. The Balaban J connectivity index is 2.17. The summed E-state index contributed by atoms with van der Waals surface area (Å²) in [5.74, 6) is 1.39. The average Bonchev–Trinajstić information content (AvgIpc) is 2.53. The molecule has 2 N–H and O–H groups in total. The van der Waals surface area contributed by atoms with Crippen molar-refractivity contribution in [2.45, 2.75) is 0 Å². The fourth-order valence-electron chi connectivity index (χ4n) is 2.01. The van der Waals surface area contributed by atoms with Gasteiger partial charge >= 0.3 is 6.03 Å². The van der Waals surface area contributed by atoms with Crippen molar-refractivity contribution in [2.75, 3.05) is 32.0 Å². The van der Waals surface area contributed by atoms with Gasteiger partial charge in [-0.05, 0) is 18.2 Å². The molecule has 0 saturated carbocycles. The van der Waals surface area contributed by atoms with Gasteiger partial charge in [-0.2, -0.15) is 0 Å². The quantitative estimate of drug-likeness (QED) is 0.818.